The number of hydrogen-bond donors (Lipinski definition) is 1. The Morgan fingerprint density at radius 1 is 1.08 bits per heavy atom. The van der Waals surface area contributed by atoms with Crippen LogP contribution in [0.1, 0.15) is 11.1 Å². The van der Waals surface area contributed by atoms with E-state index in [1.807, 2.05) is 66.3 Å². The molecule has 1 aliphatic heterocycles. The first kappa shape index (κ1) is 16.6. The molecule has 4 rings (SSSR count). The summed E-state index contributed by atoms with van der Waals surface area (Å²) in [4.78, 5) is 26.2. The highest BCUT2D eigenvalue weighted by molar-refractivity contribution is 9.10. The first-order valence-electron chi connectivity index (χ1n) is 8.16. The number of aryl methyl sites for hydroxylation is 1. The van der Waals surface area contributed by atoms with Gasteiger partial charge < -0.3 is 9.88 Å². The molecule has 2 aromatic carbocycles. The third-order valence-electron chi connectivity index (χ3n) is 4.44. The van der Waals surface area contributed by atoms with Crippen molar-refractivity contribution in [2.75, 3.05) is 0 Å². The minimum atomic E-state index is -0.399. The fourth-order valence-corrected chi connectivity index (χ4v) is 3.40. The molecule has 0 spiro atoms. The summed E-state index contributed by atoms with van der Waals surface area (Å²) < 4.78 is 2.96. The Bertz CT molecular complexity index is 1050. The van der Waals surface area contributed by atoms with E-state index < -0.39 is 6.03 Å². The molecule has 2 heterocycles. The van der Waals surface area contributed by atoms with Gasteiger partial charge in [0.05, 0.1) is 6.54 Å². The van der Waals surface area contributed by atoms with Gasteiger partial charge in [0, 0.05) is 34.2 Å². The first-order chi connectivity index (χ1) is 12.5. The summed E-state index contributed by atoms with van der Waals surface area (Å²) in [5.41, 5.74) is 3.16. The summed E-state index contributed by atoms with van der Waals surface area (Å²) in [6.45, 7) is 0.241. The molecule has 130 valence electrons. The lowest BCUT2D eigenvalue weighted by Gasteiger charge is -2.11. The molecule has 3 aromatic rings. The van der Waals surface area contributed by atoms with Crippen molar-refractivity contribution in [2.24, 2.45) is 7.05 Å². The van der Waals surface area contributed by atoms with Gasteiger partial charge in [-0.3, -0.25) is 9.69 Å². The van der Waals surface area contributed by atoms with Gasteiger partial charge in [-0.25, -0.2) is 4.79 Å². The lowest BCUT2D eigenvalue weighted by atomic mass is 10.1. The standard InChI is InChI=1S/C20H16BrN3O2/c1-23-12-14(16-4-2-3-5-18(16)23)10-17-19(25)24(20(26)22-17)11-13-6-8-15(21)9-7-13/h2-10,12H,11H2,1H3,(H,22,26)/b17-10+. The summed E-state index contributed by atoms with van der Waals surface area (Å²) in [7, 11) is 1.96. The summed E-state index contributed by atoms with van der Waals surface area (Å²) in [5, 5.41) is 3.73. The van der Waals surface area contributed by atoms with Crippen molar-refractivity contribution in [1.82, 2.24) is 14.8 Å². The molecule has 6 heteroatoms. The van der Waals surface area contributed by atoms with Crippen molar-refractivity contribution < 1.29 is 9.59 Å². The van der Waals surface area contributed by atoms with E-state index in [1.54, 1.807) is 6.08 Å². The molecule has 1 fully saturated rings. The van der Waals surface area contributed by atoms with Gasteiger partial charge >= 0.3 is 6.03 Å². The van der Waals surface area contributed by atoms with Gasteiger partial charge in [-0.15, -0.1) is 0 Å². The molecule has 1 saturated heterocycles. The predicted molar refractivity (Wildman–Crippen MR) is 104 cm³/mol. The quantitative estimate of drug-likeness (QED) is 0.524. The van der Waals surface area contributed by atoms with Crippen molar-refractivity contribution in [3.63, 3.8) is 0 Å². The van der Waals surface area contributed by atoms with Gasteiger partial charge in [-0.2, -0.15) is 0 Å². The lowest BCUT2D eigenvalue weighted by Crippen LogP contribution is -2.30. The zero-order chi connectivity index (χ0) is 18.3. The highest BCUT2D eigenvalue weighted by atomic mass is 79.9. The maximum atomic E-state index is 12.7. The molecule has 1 aliphatic rings. The third-order valence-corrected chi connectivity index (χ3v) is 4.97. The molecule has 1 aromatic heterocycles. The monoisotopic (exact) mass is 409 g/mol. The lowest BCUT2D eigenvalue weighted by molar-refractivity contribution is -0.123. The molecule has 0 saturated carbocycles. The van der Waals surface area contributed by atoms with Crippen LogP contribution in [0.2, 0.25) is 0 Å². The van der Waals surface area contributed by atoms with Crippen LogP contribution < -0.4 is 5.32 Å². The van der Waals surface area contributed by atoms with Crippen LogP contribution in [0.4, 0.5) is 4.79 Å². The normalized spacial score (nSPS) is 15.9. The molecule has 0 unspecified atom stereocenters. The van der Waals surface area contributed by atoms with Gasteiger partial charge in [-0.05, 0) is 29.8 Å². The number of aromatic nitrogens is 1. The van der Waals surface area contributed by atoms with Crippen LogP contribution >= 0.6 is 15.9 Å². The average Bonchev–Trinajstić information content (AvgIpc) is 3.09. The number of nitrogens with zero attached hydrogens (tertiary/aromatic N) is 2. The first-order valence-corrected chi connectivity index (χ1v) is 8.95. The number of amides is 3. The second-order valence-corrected chi connectivity index (χ2v) is 7.13. The maximum Gasteiger partial charge on any atom is 0.329 e. The fourth-order valence-electron chi connectivity index (χ4n) is 3.13. The van der Waals surface area contributed by atoms with E-state index in [0.29, 0.717) is 5.70 Å². The second kappa shape index (κ2) is 6.46. The SMILES string of the molecule is Cn1cc(/C=C2/NC(=O)N(Cc3ccc(Br)cc3)C2=O)c2ccccc21. The maximum absolute atomic E-state index is 12.7. The number of rotatable bonds is 3. The second-order valence-electron chi connectivity index (χ2n) is 6.22. The molecule has 26 heavy (non-hydrogen) atoms. The van der Waals surface area contributed by atoms with Gasteiger partial charge in [-0.1, -0.05) is 46.3 Å². The number of fused-ring (bicyclic) bond motifs is 1. The van der Waals surface area contributed by atoms with Crippen LogP contribution in [0.3, 0.4) is 0 Å². The molecule has 0 atom stereocenters. The fraction of sp³-hybridized carbons (Fsp3) is 0.100. The highest BCUT2D eigenvalue weighted by Crippen LogP contribution is 2.24. The molecule has 0 aliphatic carbocycles. The number of hydrogen-bond acceptors (Lipinski definition) is 2. The molecular formula is C20H16BrN3O2. The van der Waals surface area contributed by atoms with E-state index in [1.165, 1.54) is 4.90 Å². The predicted octanol–water partition coefficient (Wildman–Crippen LogP) is 4.03. The smallest absolute Gasteiger partial charge is 0.329 e. The summed E-state index contributed by atoms with van der Waals surface area (Å²) in [5.74, 6) is -0.314. The number of para-hydroxylation sites is 1. The van der Waals surface area contributed by atoms with Crippen LogP contribution in [0.5, 0.6) is 0 Å². The summed E-state index contributed by atoms with van der Waals surface area (Å²) in [6, 6.07) is 15.1. The molecule has 5 nitrogen and oxygen atoms in total. The number of carbonyl (C=O) groups is 2. The molecule has 0 bridgehead atoms. The zero-order valence-electron chi connectivity index (χ0n) is 14.1. The number of urea groups is 1. The van der Waals surface area contributed by atoms with E-state index in [2.05, 4.69) is 21.2 Å². The van der Waals surface area contributed by atoms with Crippen LogP contribution in [0.15, 0.2) is 64.9 Å². The minimum Gasteiger partial charge on any atom is -0.350 e. The Kier molecular flexibility index (Phi) is 4.12. The Balaban J connectivity index is 1.64. The zero-order valence-corrected chi connectivity index (χ0v) is 15.7. The van der Waals surface area contributed by atoms with E-state index in [-0.39, 0.29) is 12.5 Å². The van der Waals surface area contributed by atoms with Crippen LogP contribution in [-0.4, -0.2) is 21.4 Å². The van der Waals surface area contributed by atoms with Crippen LogP contribution in [-0.2, 0) is 18.4 Å². The largest absolute Gasteiger partial charge is 0.350 e. The molecule has 3 amide bonds. The van der Waals surface area contributed by atoms with E-state index in [0.717, 1.165) is 26.5 Å². The van der Waals surface area contributed by atoms with Crippen LogP contribution in [0, 0.1) is 0 Å². The van der Waals surface area contributed by atoms with E-state index >= 15 is 0 Å². The van der Waals surface area contributed by atoms with Crippen molar-refractivity contribution in [1.29, 1.82) is 0 Å². The van der Waals surface area contributed by atoms with Gasteiger partial charge in [0.25, 0.3) is 5.91 Å². The average molecular weight is 410 g/mol. The Labute approximate surface area is 159 Å². The number of halogens is 1. The Hall–Kier alpha value is -2.86. The van der Waals surface area contributed by atoms with Gasteiger partial charge in [0.15, 0.2) is 0 Å². The van der Waals surface area contributed by atoms with Crippen molar-refractivity contribution in [3.05, 3.63) is 76.0 Å². The van der Waals surface area contributed by atoms with Gasteiger partial charge in [0.1, 0.15) is 5.70 Å². The van der Waals surface area contributed by atoms with Crippen LogP contribution in [0.25, 0.3) is 17.0 Å². The molecular weight excluding hydrogens is 394 g/mol. The van der Waals surface area contributed by atoms with Crippen molar-refractivity contribution >= 4 is 44.8 Å². The third kappa shape index (κ3) is 2.93. The van der Waals surface area contributed by atoms with E-state index in [4.69, 9.17) is 0 Å². The number of carbonyl (C=O) groups excluding carboxylic acids is 2. The Morgan fingerprint density at radius 3 is 2.58 bits per heavy atom. The molecule has 0 radical (unpaired) electrons. The molecule has 1 N–H and O–H groups in total. The minimum absolute atomic E-state index is 0.241. The van der Waals surface area contributed by atoms with Gasteiger partial charge in [0.2, 0.25) is 0 Å². The Morgan fingerprint density at radius 2 is 1.81 bits per heavy atom. The van der Waals surface area contributed by atoms with Crippen molar-refractivity contribution in [2.45, 2.75) is 6.54 Å². The number of imide groups is 1. The van der Waals surface area contributed by atoms with E-state index in [9.17, 15) is 9.59 Å². The number of nitrogens with one attached hydrogen (secondary N) is 1. The summed E-state index contributed by atoms with van der Waals surface area (Å²) >= 11 is 3.38. The number of benzene rings is 2. The topological polar surface area (TPSA) is 54.3 Å². The highest BCUT2D eigenvalue weighted by Gasteiger charge is 2.33. The summed E-state index contributed by atoms with van der Waals surface area (Å²) in [6.07, 6.45) is 3.69. The van der Waals surface area contributed by atoms with Crippen molar-refractivity contribution in [3.8, 4) is 0 Å².